The molecule has 2 N–H and O–H groups in total. The molecule has 0 aliphatic heterocycles. The molecule has 1 rings (SSSR count). The number of carbonyl (C=O) groups excluding carboxylic acids is 1. The highest BCUT2D eigenvalue weighted by molar-refractivity contribution is 5.96. The molecule has 1 aromatic carbocycles. The lowest BCUT2D eigenvalue weighted by molar-refractivity contribution is -0.384. The molecule has 0 aliphatic rings. The van der Waals surface area contributed by atoms with E-state index in [-0.39, 0.29) is 23.1 Å². The number of nitro benzene ring substituents is 1. The normalized spacial score (nSPS) is 10.3. The SMILES string of the molecule is CCC(CC)C(=O)Nc1ccc(C(=O)O)cc1[N+](=O)[O-]. The number of nitrogens with zero attached hydrogens (tertiary/aromatic N) is 1. The summed E-state index contributed by atoms with van der Waals surface area (Å²) in [5.74, 6) is -1.79. The molecule has 0 aromatic heterocycles. The maximum atomic E-state index is 11.9. The van der Waals surface area contributed by atoms with Crippen molar-refractivity contribution in [1.29, 1.82) is 0 Å². The molecular weight excluding hydrogens is 264 g/mol. The Labute approximate surface area is 115 Å². The van der Waals surface area contributed by atoms with Gasteiger partial charge in [-0.05, 0) is 25.0 Å². The van der Waals surface area contributed by atoms with Crippen molar-refractivity contribution < 1.29 is 19.6 Å². The van der Waals surface area contributed by atoms with Gasteiger partial charge in [0.2, 0.25) is 5.91 Å². The fourth-order valence-electron chi connectivity index (χ4n) is 1.82. The highest BCUT2D eigenvalue weighted by atomic mass is 16.6. The Morgan fingerprint density at radius 3 is 2.40 bits per heavy atom. The van der Waals surface area contributed by atoms with E-state index in [2.05, 4.69) is 5.32 Å². The summed E-state index contributed by atoms with van der Waals surface area (Å²) < 4.78 is 0. The van der Waals surface area contributed by atoms with E-state index in [1.54, 1.807) is 0 Å². The van der Waals surface area contributed by atoms with Crippen molar-refractivity contribution >= 4 is 23.3 Å². The molecular formula is C13H16N2O5. The van der Waals surface area contributed by atoms with Crippen LogP contribution in [-0.4, -0.2) is 21.9 Å². The summed E-state index contributed by atoms with van der Waals surface area (Å²) in [6.45, 7) is 3.71. The topological polar surface area (TPSA) is 110 Å². The molecule has 0 saturated carbocycles. The number of carboxylic acid groups (broad SMARTS) is 1. The molecule has 7 nitrogen and oxygen atoms in total. The molecule has 20 heavy (non-hydrogen) atoms. The van der Waals surface area contributed by atoms with Gasteiger partial charge in [0.1, 0.15) is 5.69 Å². The van der Waals surface area contributed by atoms with Crippen LogP contribution in [0.15, 0.2) is 18.2 Å². The number of hydrogen-bond acceptors (Lipinski definition) is 4. The lowest BCUT2D eigenvalue weighted by atomic mass is 10.0. The second kappa shape index (κ2) is 6.65. The van der Waals surface area contributed by atoms with E-state index in [4.69, 9.17) is 5.11 Å². The highest BCUT2D eigenvalue weighted by Gasteiger charge is 2.21. The van der Waals surface area contributed by atoms with E-state index in [1.807, 2.05) is 13.8 Å². The third-order valence-corrected chi connectivity index (χ3v) is 3.06. The van der Waals surface area contributed by atoms with Gasteiger partial charge in [-0.2, -0.15) is 0 Å². The summed E-state index contributed by atoms with van der Waals surface area (Å²) in [7, 11) is 0. The summed E-state index contributed by atoms with van der Waals surface area (Å²) in [5, 5.41) is 22.3. The van der Waals surface area contributed by atoms with E-state index in [9.17, 15) is 19.7 Å². The molecule has 0 saturated heterocycles. The lowest BCUT2D eigenvalue weighted by Crippen LogP contribution is -2.22. The molecule has 0 spiro atoms. The van der Waals surface area contributed by atoms with Crippen molar-refractivity contribution in [2.75, 3.05) is 5.32 Å². The van der Waals surface area contributed by atoms with Gasteiger partial charge >= 0.3 is 5.97 Å². The van der Waals surface area contributed by atoms with Crippen molar-refractivity contribution in [2.24, 2.45) is 5.92 Å². The zero-order valence-electron chi connectivity index (χ0n) is 11.3. The van der Waals surface area contributed by atoms with Gasteiger partial charge in [0.05, 0.1) is 10.5 Å². The monoisotopic (exact) mass is 280 g/mol. The van der Waals surface area contributed by atoms with Crippen LogP contribution in [0.5, 0.6) is 0 Å². The van der Waals surface area contributed by atoms with Crippen molar-refractivity contribution in [2.45, 2.75) is 26.7 Å². The molecule has 108 valence electrons. The Balaban J connectivity index is 3.09. The second-order valence-electron chi connectivity index (χ2n) is 4.30. The lowest BCUT2D eigenvalue weighted by Gasteiger charge is -2.13. The van der Waals surface area contributed by atoms with Crippen LogP contribution in [0.2, 0.25) is 0 Å². The standard InChI is InChI=1S/C13H16N2O5/c1-3-8(4-2)12(16)14-10-6-5-9(13(17)18)7-11(10)15(19)20/h5-8H,3-4H2,1-2H3,(H,14,16)(H,17,18). The number of aromatic carboxylic acids is 1. The zero-order valence-corrected chi connectivity index (χ0v) is 11.3. The van der Waals surface area contributed by atoms with Crippen LogP contribution in [0.1, 0.15) is 37.0 Å². The van der Waals surface area contributed by atoms with Gasteiger partial charge in [0, 0.05) is 12.0 Å². The molecule has 0 heterocycles. The largest absolute Gasteiger partial charge is 0.478 e. The molecule has 0 unspecified atom stereocenters. The summed E-state index contributed by atoms with van der Waals surface area (Å²) in [6, 6.07) is 3.39. The van der Waals surface area contributed by atoms with E-state index < -0.39 is 16.6 Å². The number of carboxylic acids is 1. The number of anilines is 1. The number of amides is 1. The average molecular weight is 280 g/mol. The number of nitro groups is 1. The van der Waals surface area contributed by atoms with Gasteiger partial charge < -0.3 is 10.4 Å². The van der Waals surface area contributed by atoms with Crippen molar-refractivity contribution in [1.82, 2.24) is 0 Å². The van der Waals surface area contributed by atoms with Crippen molar-refractivity contribution in [3.05, 3.63) is 33.9 Å². The smallest absolute Gasteiger partial charge is 0.335 e. The maximum absolute atomic E-state index is 11.9. The first-order valence-corrected chi connectivity index (χ1v) is 6.23. The van der Waals surface area contributed by atoms with Crippen LogP contribution in [0.3, 0.4) is 0 Å². The number of carbonyl (C=O) groups is 2. The molecule has 0 bridgehead atoms. The summed E-state index contributed by atoms with van der Waals surface area (Å²) >= 11 is 0. The van der Waals surface area contributed by atoms with Crippen LogP contribution in [0.25, 0.3) is 0 Å². The fourth-order valence-corrected chi connectivity index (χ4v) is 1.82. The van der Waals surface area contributed by atoms with Gasteiger partial charge in [-0.15, -0.1) is 0 Å². The first-order chi connectivity index (χ1) is 9.40. The predicted molar refractivity (Wildman–Crippen MR) is 72.8 cm³/mol. The van der Waals surface area contributed by atoms with Gasteiger partial charge in [-0.3, -0.25) is 14.9 Å². The minimum atomic E-state index is -1.26. The Morgan fingerprint density at radius 1 is 1.35 bits per heavy atom. The zero-order chi connectivity index (χ0) is 15.3. The summed E-state index contributed by atoms with van der Waals surface area (Å²) in [4.78, 5) is 33.0. The van der Waals surface area contributed by atoms with E-state index in [0.29, 0.717) is 12.8 Å². The fraction of sp³-hybridized carbons (Fsp3) is 0.385. The third kappa shape index (κ3) is 3.53. The molecule has 0 atom stereocenters. The van der Waals surface area contributed by atoms with E-state index in [1.165, 1.54) is 12.1 Å². The first-order valence-electron chi connectivity index (χ1n) is 6.23. The maximum Gasteiger partial charge on any atom is 0.335 e. The Bertz CT molecular complexity index is 538. The van der Waals surface area contributed by atoms with E-state index in [0.717, 1.165) is 6.07 Å². The van der Waals surface area contributed by atoms with Gasteiger partial charge in [0.25, 0.3) is 5.69 Å². The predicted octanol–water partition coefficient (Wildman–Crippen LogP) is 2.67. The van der Waals surface area contributed by atoms with Gasteiger partial charge in [0.15, 0.2) is 0 Å². The highest BCUT2D eigenvalue weighted by Crippen LogP contribution is 2.26. The van der Waals surface area contributed by atoms with Gasteiger partial charge in [-0.1, -0.05) is 13.8 Å². The van der Waals surface area contributed by atoms with Crippen LogP contribution >= 0.6 is 0 Å². The number of nitrogens with one attached hydrogen (secondary N) is 1. The Morgan fingerprint density at radius 2 is 1.95 bits per heavy atom. The van der Waals surface area contributed by atoms with Crippen LogP contribution < -0.4 is 5.32 Å². The second-order valence-corrected chi connectivity index (χ2v) is 4.30. The minimum absolute atomic E-state index is 0.0110. The first kappa shape index (κ1) is 15.6. The van der Waals surface area contributed by atoms with Gasteiger partial charge in [-0.25, -0.2) is 4.79 Å². The molecule has 0 aliphatic carbocycles. The van der Waals surface area contributed by atoms with Crippen LogP contribution in [0, 0.1) is 16.0 Å². The molecule has 0 radical (unpaired) electrons. The van der Waals surface area contributed by atoms with Crippen molar-refractivity contribution in [3.8, 4) is 0 Å². The molecule has 7 heteroatoms. The summed E-state index contributed by atoms with van der Waals surface area (Å²) in [6.07, 6.45) is 1.26. The van der Waals surface area contributed by atoms with Crippen molar-refractivity contribution in [3.63, 3.8) is 0 Å². The Hall–Kier alpha value is -2.44. The minimum Gasteiger partial charge on any atom is -0.478 e. The number of benzene rings is 1. The molecule has 1 amide bonds. The molecule has 1 aromatic rings. The number of hydrogen-bond donors (Lipinski definition) is 2. The van der Waals surface area contributed by atoms with Crippen LogP contribution in [-0.2, 0) is 4.79 Å². The Kier molecular flexibility index (Phi) is 5.19. The van der Waals surface area contributed by atoms with E-state index >= 15 is 0 Å². The number of rotatable bonds is 6. The summed E-state index contributed by atoms with van der Waals surface area (Å²) in [5.41, 5.74) is -0.613. The molecule has 0 fully saturated rings. The quantitative estimate of drug-likeness (QED) is 0.615. The van der Waals surface area contributed by atoms with Crippen LogP contribution in [0.4, 0.5) is 11.4 Å². The third-order valence-electron chi connectivity index (χ3n) is 3.06. The average Bonchev–Trinajstić information content (AvgIpc) is 2.39.